The van der Waals surface area contributed by atoms with E-state index in [0.717, 1.165) is 6.07 Å². The van der Waals surface area contributed by atoms with Gasteiger partial charge in [0.1, 0.15) is 11.4 Å². The summed E-state index contributed by atoms with van der Waals surface area (Å²) >= 11 is 5.59. The smallest absolute Gasteiger partial charge is 0.342 e. The summed E-state index contributed by atoms with van der Waals surface area (Å²) in [5.74, 6) is -2.43. The lowest BCUT2D eigenvalue weighted by atomic mass is 10.2. The molecule has 0 saturated carbocycles. The second-order valence-corrected chi connectivity index (χ2v) is 2.65. The molecule has 3 nitrogen and oxygen atoms in total. The number of hydrogen-bond donors (Lipinski definition) is 1. The lowest BCUT2D eigenvalue weighted by Gasteiger charge is -2.06. The number of rotatable bonds is 2. The average Bonchev–Trinajstić information content (AvgIpc) is 2.07. The summed E-state index contributed by atoms with van der Waals surface area (Å²) in [5.41, 5.74) is -0.546. The fraction of sp³-hybridized carbons (Fsp3) is 0.125. The number of carboxylic acids is 1. The topological polar surface area (TPSA) is 46.5 Å². The van der Waals surface area contributed by atoms with Gasteiger partial charge >= 0.3 is 5.97 Å². The van der Waals surface area contributed by atoms with E-state index in [4.69, 9.17) is 16.7 Å². The Bertz CT molecular complexity index is 351. The van der Waals surface area contributed by atoms with Crippen molar-refractivity contribution in [2.45, 2.75) is 0 Å². The predicted octanol–water partition coefficient (Wildman–Crippen LogP) is 2.19. The predicted molar refractivity (Wildman–Crippen MR) is 44.9 cm³/mol. The Morgan fingerprint density at radius 3 is 2.62 bits per heavy atom. The molecule has 1 rings (SSSR count). The highest BCUT2D eigenvalue weighted by atomic mass is 35.5. The van der Waals surface area contributed by atoms with Gasteiger partial charge in [-0.3, -0.25) is 0 Å². The maximum Gasteiger partial charge on any atom is 0.342 e. The molecule has 0 saturated heterocycles. The summed E-state index contributed by atoms with van der Waals surface area (Å²) in [6, 6.07) is 2.22. The molecule has 13 heavy (non-hydrogen) atoms. The molecule has 0 aliphatic heterocycles. The van der Waals surface area contributed by atoms with E-state index in [9.17, 15) is 9.18 Å². The number of methoxy groups -OCH3 is 1. The maximum atomic E-state index is 12.9. The first-order valence-electron chi connectivity index (χ1n) is 3.33. The molecule has 1 aromatic rings. The largest absolute Gasteiger partial charge is 0.494 e. The van der Waals surface area contributed by atoms with E-state index >= 15 is 0 Å². The summed E-state index contributed by atoms with van der Waals surface area (Å²) in [5, 5.41) is 8.69. The Labute approximate surface area is 78.7 Å². The van der Waals surface area contributed by atoms with Crippen LogP contribution < -0.4 is 4.74 Å². The summed E-state index contributed by atoms with van der Waals surface area (Å²) in [7, 11) is 1.23. The molecule has 0 aromatic heterocycles. The van der Waals surface area contributed by atoms with E-state index in [0.29, 0.717) is 0 Å². The quantitative estimate of drug-likeness (QED) is 0.803. The van der Waals surface area contributed by atoms with Gasteiger partial charge in [-0.15, -0.1) is 0 Å². The third kappa shape index (κ3) is 1.72. The Balaban J connectivity index is 3.43. The number of aromatic carboxylic acids is 1. The number of benzene rings is 1. The number of hydrogen-bond acceptors (Lipinski definition) is 2. The van der Waals surface area contributed by atoms with Gasteiger partial charge in [0.15, 0.2) is 5.75 Å². The van der Waals surface area contributed by atoms with Crippen molar-refractivity contribution < 1.29 is 19.0 Å². The molecule has 0 atom stereocenters. The second-order valence-electron chi connectivity index (χ2n) is 2.24. The summed E-state index contributed by atoms with van der Waals surface area (Å²) in [6.45, 7) is 0. The van der Waals surface area contributed by atoms with Gasteiger partial charge in [-0.2, -0.15) is 0 Å². The van der Waals surface area contributed by atoms with Crippen LogP contribution in [-0.4, -0.2) is 18.2 Å². The van der Waals surface area contributed by atoms with Gasteiger partial charge in [-0.1, -0.05) is 11.6 Å². The minimum atomic E-state index is -1.41. The normalized spacial score (nSPS) is 9.77. The van der Waals surface area contributed by atoms with Crippen LogP contribution in [0.3, 0.4) is 0 Å². The SMILES string of the molecule is COc1c(Cl)ccc(F)c1C(=O)O. The zero-order valence-electron chi connectivity index (χ0n) is 6.67. The zero-order chi connectivity index (χ0) is 10.0. The number of carbonyl (C=O) groups is 1. The molecular formula is C8H6ClFO3. The standard InChI is InChI=1S/C8H6ClFO3/c1-13-7-4(9)2-3-5(10)6(7)8(11)12/h2-3H,1H3,(H,11,12). The molecule has 0 spiro atoms. The van der Waals surface area contributed by atoms with Gasteiger partial charge in [0.2, 0.25) is 0 Å². The van der Waals surface area contributed by atoms with Gasteiger partial charge in [-0.05, 0) is 12.1 Å². The van der Waals surface area contributed by atoms with Crippen molar-refractivity contribution in [1.82, 2.24) is 0 Å². The van der Waals surface area contributed by atoms with Gasteiger partial charge in [0.05, 0.1) is 12.1 Å². The van der Waals surface area contributed by atoms with Crippen molar-refractivity contribution in [3.63, 3.8) is 0 Å². The molecule has 0 aliphatic carbocycles. The third-order valence-electron chi connectivity index (χ3n) is 1.48. The van der Waals surface area contributed by atoms with E-state index in [1.165, 1.54) is 13.2 Å². The van der Waals surface area contributed by atoms with Gasteiger partial charge in [0.25, 0.3) is 0 Å². The van der Waals surface area contributed by atoms with E-state index in [1.54, 1.807) is 0 Å². The van der Waals surface area contributed by atoms with Crippen LogP contribution in [0.25, 0.3) is 0 Å². The highest BCUT2D eigenvalue weighted by molar-refractivity contribution is 6.32. The molecule has 70 valence electrons. The van der Waals surface area contributed by atoms with Crippen molar-refractivity contribution >= 4 is 17.6 Å². The molecule has 0 aliphatic rings. The molecule has 1 N–H and O–H groups in total. The third-order valence-corrected chi connectivity index (χ3v) is 1.77. The van der Waals surface area contributed by atoms with Crippen LogP contribution in [0.15, 0.2) is 12.1 Å². The van der Waals surface area contributed by atoms with E-state index in [1.807, 2.05) is 0 Å². The second kappa shape index (κ2) is 3.62. The molecule has 0 bridgehead atoms. The zero-order valence-corrected chi connectivity index (χ0v) is 7.43. The molecule has 1 aromatic carbocycles. The molecule has 0 amide bonds. The fourth-order valence-electron chi connectivity index (χ4n) is 0.932. The summed E-state index contributed by atoms with van der Waals surface area (Å²) in [4.78, 5) is 10.6. The van der Waals surface area contributed by atoms with Crippen LogP contribution in [-0.2, 0) is 0 Å². The molecule has 0 heterocycles. The number of halogens is 2. The Morgan fingerprint density at radius 2 is 2.23 bits per heavy atom. The number of ether oxygens (including phenoxy) is 1. The van der Waals surface area contributed by atoms with E-state index < -0.39 is 17.3 Å². The van der Waals surface area contributed by atoms with Gasteiger partial charge in [0, 0.05) is 0 Å². The molecule has 0 unspecified atom stereocenters. The highest BCUT2D eigenvalue weighted by Gasteiger charge is 2.19. The van der Waals surface area contributed by atoms with Crippen LogP contribution in [0.2, 0.25) is 5.02 Å². The van der Waals surface area contributed by atoms with Crippen molar-refractivity contribution in [3.05, 3.63) is 28.5 Å². The number of carboxylic acid groups (broad SMARTS) is 1. The van der Waals surface area contributed by atoms with Crippen molar-refractivity contribution in [1.29, 1.82) is 0 Å². The van der Waals surface area contributed by atoms with Gasteiger partial charge < -0.3 is 9.84 Å². The van der Waals surface area contributed by atoms with Crippen LogP contribution in [0.4, 0.5) is 4.39 Å². The first kappa shape index (κ1) is 9.80. The molecule has 0 radical (unpaired) electrons. The monoisotopic (exact) mass is 204 g/mol. The van der Waals surface area contributed by atoms with Crippen molar-refractivity contribution in [2.24, 2.45) is 0 Å². The van der Waals surface area contributed by atoms with E-state index in [2.05, 4.69) is 4.74 Å². The Kier molecular flexibility index (Phi) is 2.72. The Hall–Kier alpha value is -1.29. The van der Waals surface area contributed by atoms with Crippen molar-refractivity contribution in [3.8, 4) is 5.75 Å². The van der Waals surface area contributed by atoms with Crippen LogP contribution in [0.1, 0.15) is 10.4 Å². The maximum absolute atomic E-state index is 12.9. The first-order valence-corrected chi connectivity index (χ1v) is 3.71. The fourth-order valence-corrected chi connectivity index (χ4v) is 1.17. The minimum Gasteiger partial charge on any atom is -0.494 e. The highest BCUT2D eigenvalue weighted by Crippen LogP contribution is 2.30. The summed E-state index contributed by atoms with van der Waals surface area (Å²) in [6.07, 6.45) is 0. The van der Waals surface area contributed by atoms with Crippen LogP contribution in [0, 0.1) is 5.82 Å². The van der Waals surface area contributed by atoms with E-state index in [-0.39, 0.29) is 10.8 Å². The first-order chi connectivity index (χ1) is 6.07. The Morgan fingerprint density at radius 1 is 1.62 bits per heavy atom. The lowest BCUT2D eigenvalue weighted by Crippen LogP contribution is -2.04. The summed E-state index contributed by atoms with van der Waals surface area (Å²) < 4.78 is 17.6. The molecule has 0 fully saturated rings. The average molecular weight is 205 g/mol. The molecular weight excluding hydrogens is 199 g/mol. The molecule has 5 heteroatoms. The van der Waals surface area contributed by atoms with Crippen LogP contribution >= 0.6 is 11.6 Å². The van der Waals surface area contributed by atoms with Crippen LogP contribution in [0.5, 0.6) is 5.75 Å². The van der Waals surface area contributed by atoms with Crippen molar-refractivity contribution in [2.75, 3.05) is 7.11 Å². The lowest BCUT2D eigenvalue weighted by molar-refractivity contribution is 0.0688. The minimum absolute atomic E-state index is 0.0706. The van der Waals surface area contributed by atoms with Gasteiger partial charge in [-0.25, -0.2) is 9.18 Å².